The van der Waals surface area contributed by atoms with Gasteiger partial charge in [-0.15, -0.1) is 10.2 Å². The molecule has 0 atom stereocenters. The summed E-state index contributed by atoms with van der Waals surface area (Å²) in [6.45, 7) is 1.31. The van der Waals surface area contributed by atoms with Crippen LogP contribution >= 0.6 is 11.7 Å². The highest BCUT2D eigenvalue weighted by Gasteiger charge is 2.27. The fourth-order valence-corrected chi connectivity index (χ4v) is 3.93. The minimum atomic E-state index is 0.657. The fourth-order valence-electron chi connectivity index (χ4n) is 3.42. The Kier molecular flexibility index (Phi) is 5.00. The third-order valence-corrected chi connectivity index (χ3v) is 5.54. The number of benzene rings is 3. The third-order valence-electron chi connectivity index (χ3n) is 4.98. The number of ether oxygens (including phenoxy) is 1. The van der Waals surface area contributed by atoms with Crippen LogP contribution in [0.5, 0.6) is 5.75 Å². The van der Waals surface area contributed by atoms with Crippen molar-refractivity contribution in [3.63, 3.8) is 0 Å². The Bertz CT molecular complexity index is 1180. The number of methoxy groups -OCH3 is 1. The number of aromatic nitrogens is 2. The lowest BCUT2D eigenvalue weighted by atomic mass is 10.1. The number of hydrogen-bond donors (Lipinski definition) is 1. The zero-order valence-electron chi connectivity index (χ0n) is 16.4. The zero-order chi connectivity index (χ0) is 20.3. The molecule has 0 unspecified atom stereocenters. The van der Waals surface area contributed by atoms with Gasteiger partial charge in [0, 0.05) is 5.56 Å². The van der Waals surface area contributed by atoms with Crippen LogP contribution in [0.3, 0.4) is 0 Å². The quantitative estimate of drug-likeness (QED) is 0.516. The Morgan fingerprint density at radius 1 is 0.867 bits per heavy atom. The summed E-state index contributed by atoms with van der Waals surface area (Å²) in [4.78, 5) is 0. The molecule has 7 nitrogen and oxygen atoms in total. The molecular weight excluding hydrogens is 396 g/mol. The number of rotatable bonds is 6. The number of hydrazine groups is 2. The van der Waals surface area contributed by atoms with Gasteiger partial charge in [0.15, 0.2) is 5.84 Å². The van der Waals surface area contributed by atoms with Gasteiger partial charge >= 0.3 is 0 Å². The van der Waals surface area contributed by atoms with Crippen LogP contribution in [-0.4, -0.2) is 31.8 Å². The largest absolute Gasteiger partial charge is 0.497 e. The minimum absolute atomic E-state index is 0.657. The van der Waals surface area contributed by atoms with Gasteiger partial charge in [0.05, 0.1) is 31.9 Å². The second-order valence-electron chi connectivity index (χ2n) is 6.95. The van der Waals surface area contributed by atoms with E-state index >= 15 is 0 Å². The average molecular weight is 417 g/mol. The fraction of sp³-hybridized carbons (Fsp3) is 0.136. The molecule has 5 rings (SSSR count). The van der Waals surface area contributed by atoms with E-state index < -0.39 is 0 Å². The maximum absolute atomic E-state index is 5.27. The third kappa shape index (κ3) is 3.70. The first-order valence-corrected chi connectivity index (χ1v) is 10.3. The maximum atomic E-state index is 5.27. The van der Waals surface area contributed by atoms with Gasteiger partial charge in [-0.25, -0.2) is 5.53 Å². The predicted molar refractivity (Wildman–Crippen MR) is 118 cm³/mol. The van der Waals surface area contributed by atoms with Crippen molar-refractivity contribution in [2.24, 2.45) is 5.10 Å². The van der Waals surface area contributed by atoms with Gasteiger partial charge in [-0.1, -0.05) is 48.5 Å². The van der Waals surface area contributed by atoms with Gasteiger partial charge in [-0.2, -0.15) is 8.75 Å². The molecule has 1 aliphatic heterocycles. The molecule has 1 aromatic heterocycles. The molecule has 2 heterocycles. The summed E-state index contributed by atoms with van der Waals surface area (Å²) in [7, 11) is 1.67. The molecule has 0 saturated carbocycles. The predicted octanol–water partition coefficient (Wildman–Crippen LogP) is 3.80. The van der Waals surface area contributed by atoms with Gasteiger partial charge < -0.3 is 4.74 Å². The van der Waals surface area contributed by atoms with E-state index in [-0.39, 0.29) is 0 Å². The average Bonchev–Trinajstić information content (AvgIpc) is 3.42. The van der Waals surface area contributed by atoms with Crippen molar-refractivity contribution >= 4 is 28.6 Å². The molecule has 0 amide bonds. The molecule has 0 bridgehead atoms. The molecule has 150 valence electrons. The van der Waals surface area contributed by atoms with Crippen LogP contribution in [0.2, 0.25) is 0 Å². The topological polar surface area (TPSA) is 65.9 Å². The smallest absolute Gasteiger partial charge is 0.173 e. The summed E-state index contributed by atoms with van der Waals surface area (Å²) < 4.78 is 13.9. The first-order chi connectivity index (χ1) is 14.8. The molecular formula is C22H20N6OS. The van der Waals surface area contributed by atoms with Crippen LogP contribution < -0.4 is 10.3 Å². The van der Waals surface area contributed by atoms with Crippen LogP contribution in [0.4, 0.5) is 0 Å². The SMILES string of the molecule is COc1ccc(CN2NN=C(c3ccccc3)N2Cc2ccc3nsnc3c2)cc1. The highest BCUT2D eigenvalue weighted by atomic mass is 32.1. The standard InChI is InChI=1S/C22H20N6OS/c1-29-19-10-7-16(8-11-19)15-28-26-23-22(18-5-3-2-4-6-18)27(28)14-17-9-12-20-21(13-17)25-30-24-20/h2-13,26H,14-15H2,1H3. The summed E-state index contributed by atoms with van der Waals surface area (Å²) >= 11 is 1.24. The van der Waals surface area contributed by atoms with Gasteiger partial charge in [-0.05, 0) is 35.4 Å². The number of fused-ring (bicyclic) bond motifs is 1. The zero-order valence-corrected chi connectivity index (χ0v) is 17.2. The Morgan fingerprint density at radius 3 is 2.43 bits per heavy atom. The van der Waals surface area contributed by atoms with Crippen molar-refractivity contribution in [1.82, 2.24) is 24.4 Å². The Hall–Kier alpha value is -3.49. The summed E-state index contributed by atoms with van der Waals surface area (Å²) in [6, 6.07) is 24.5. The van der Waals surface area contributed by atoms with Crippen molar-refractivity contribution in [2.45, 2.75) is 13.1 Å². The molecule has 8 heteroatoms. The molecule has 1 N–H and O–H groups in total. The van der Waals surface area contributed by atoms with Crippen LogP contribution in [0.25, 0.3) is 11.0 Å². The van der Waals surface area contributed by atoms with Crippen LogP contribution in [0.15, 0.2) is 77.9 Å². The molecule has 0 spiro atoms. The first kappa shape index (κ1) is 18.5. The van der Waals surface area contributed by atoms with Crippen molar-refractivity contribution in [3.05, 3.63) is 89.5 Å². The lowest BCUT2D eigenvalue weighted by Gasteiger charge is -2.29. The molecule has 30 heavy (non-hydrogen) atoms. The Labute approximate surface area is 178 Å². The summed E-state index contributed by atoms with van der Waals surface area (Å²) in [5.41, 5.74) is 8.37. The minimum Gasteiger partial charge on any atom is -0.497 e. The lowest BCUT2D eigenvalue weighted by molar-refractivity contribution is 0.000109. The van der Waals surface area contributed by atoms with E-state index in [9.17, 15) is 0 Å². The van der Waals surface area contributed by atoms with Crippen molar-refractivity contribution in [2.75, 3.05) is 7.11 Å². The summed E-state index contributed by atoms with van der Waals surface area (Å²) in [6.07, 6.45) is 0. The summed E-state index contributed by atoms with van der Waals surface area (Å²) in [5, 5.41) is 8.79. The molecule has 0 aliphatic carbocycles. The first-order valence-electron chi connectivity index (χ1n) is 9.58. The highest BCUT2D eigenvalue weighted by Crippen LogP contribution is 2.22. The van der Waals surface area contributed by atoms with E-state index in [1.807, 2.05) is 41.5 Å². The van der Waals surface area contributed by atoms with E-state index in [1.165, 1.54) is 11.7 Å². The number of nitrogens with one attached hydrogen (secondary N) is 1. The molecule has 0 radical (unpaired) electrons. The molecule has 4 aromatic rings. The monoisotopic (exact) mass is 416 g/mol. The lowest BCUT2D eigenvalue weighted by Crippen LogP contribution is -2.44. The van der Waals surface area contributed by atoms with E-state index in [4.69, 9.17) is 4.74 Å². The van der Waals surface area contributed by atoms with Crippen molar-refractivity contribution < 1.29 is 4.74 Å². The number of hydrogen-bond acceptors (Lipinski definition) is 8. The van der Waals surface area contributed by atoms with Crippen LogP contribution in [0, 0.1) is 0 Å². The number of nitrogens with zero attached hydrogens (tertiary/aromatic N) is 5. The second-order valence-corrected chi connectivity index (χ2v) is 7.48. The van der Waals surface area contributed by atoms with Crippen LogP contribution in [-0.2, 0) is 13.1 Å². The molecule has 0 fully saturated rings. The normalized spacial score (nSPS) is 14.0. The second kappa shape index (κ2) is 8.10. The van der Waals surface area contributed by atoms with Crippen molar-refractivity contribution in [3.8, 4) is 5.75 Å². The van der Waals surface area contributed by atoms with Gasteiger partial charge in [-0.3, -0.25) is 5.01 Å². The molecule has 0 saturated heterocycles. The number of amidine groups is 1. The molecule has 1 aliphatic rings. The summed E-state index contributed by atoms with van der Waals surface area (Å²) in [5.74, 6) is 1.72. The Balaban J connectivity index is 1.43. The van der Waals surface area contributed by atoms with Gasteiger partial charge in [0.1, 0.15) is 16.8 Å². The van der Waals surface area contributed by atoms with E-state index in [0.717, 1.165) is 39.3 Å². The maximum Gasteiger partial charge on any atom is 0.173 e. The highest BCUT2D eigenvalue weighted by molar-refractivity contribution is 7.00. The van der Waals surface area contributed by atoms with E-state index in [0.29, 0.717) is 13.1 Å². The van der Waals surface area contributed by atoms with Gasteiger partial charge in [0.2, 0.25) is 0 Å². The Morgan fingerprint density at radius 2 is 1.63 bits per heavy atom. The molecule has 3 aromatic carbocycles. The number of hydrazone groups is 1. The van der Waals surface area contributed by atoms with Crippen molar-refractivity contribution in [1.29, 1.82) is 0 Å². The van der Waals surface area contributed by atoms with Crippen LogP contribution in [0.1, 0.15) is 16.7 Å². The van der Waals surface area contributed by atoms with Gasteiger partial charge in [0.25, 0.3) is 0 Å². The van der Waals surface area contributed by atoms with E-state index in [2.05, 4.69) is 60.8 Å². The van der Waals surface area contributed by atoms with E-state index in [1.54, 1.807) is 7.11 Å².